The van der Waals surface area contributed by atoms with Crippen molar-refractivity contribution in [2.24, 2.45) is 5.73 Å². The molecular weight excluding hydrogens is 326 g/mol. The highest BCUT2D eigenvalue weighted by atomic mass is 16.8. The third-order valence-electron chi connectivity index (χ3n) is 3.52. The molecule has 0 bridgehead atoms. The summed E-state index contributed by atoms with van der Waals surface area (Å²) < 4.78 is 13.1. The average molecular weight is 341 g/mol. The summed E-state index contributed by atoms with van der Waals surface area (Å²) in [7, 11) is 0. The topological polar surface area (TPSA) is 229 Å². The van der Waals surface area contributed by atoms with Crippen molar-refractivity contribution in [2.45, 2.75) is 41.9 Å². The van der Waals surface area contributed by atoms with E-state index >= 15 is 0 Å². The monoisotopic (exact) mass is 341 g/mol. The van der Waals surface area contributed by atoms with Crippen LogP contribution in [0.1, 0.15) is 0 Å². The van der Waals surface area contributed by atoms with Gasteiger partial charge in [0.25, 0.3) is 5.91 Å². The molecule has 0 amide bonds. The van der Waals surface area contributed by atoms with Gasteiger partial charge in [0, 0.05) is 0 Å². The normalized spacial score (nSPS) is 51.1. The first-order valence-corrected chi connectivity index (χ1v) is 6.16. The fourth-order valence-electron chi connectivity index (χ4n) is 2.17. The van der Waals surface area contributed by atoms with Crippen LogP contribution < -0.4 is 5.73 Å². The number of ether oxygens (including phenoxy) is 3. The second kappa shape index (κ2) is 5.30. The van der Waals surface area contributed by atoms with E-state index in [9.17, 15) is 40.2 Å². The Morgan fingerprint density at radius 2 is 1.48 bits per heavy atom. The van der Waals surface area contributed by atoms with Crippen molar-refractivity contribution in [2.75, 3.05) is 6.61 Å². The lowest BCUT2D eigenvalue weighted by atomic mass is 9.88. The Morgan fingerprint density at radius 3 is 1.96 bits per heavy atom. The molecule has 132 valence electrons. The molecule has 0 aromatic heterocycles. The zero-order valence-electron chi connectivity index (χ0n) is 11.3. The van der Waals surface area contributed by atoms with Gasteiger partial charge in [-0.05, 0) is 0 Å². The second-order valence-electron chi connectivity index (χ2n) is 5.05. The largest absolute Gasteiger partial charge is 0.421 e. The minimum absolute atomic E-state index is 1.07. The van der Waals surface area contributed by atoms with Crippen LogP contribution in [0.4, 0.5) is 0 Å². The van der Waals surface area contributed by atoms with E-state index in [1.54, 1.807) is 0 Å². The minimum Gasteiger partial charge on any atom is -0.421 e. The number of aliphatic hydroxyl groups is 7. The van der Waals surface area contributed by atoms with E-state index in [1.165, 1.54) is 0 Å². The van der Waals surface area contributed by atoms with Gasteiger partial charge >= 0.3 is 23.5 Å². The molecule has 13 nitrogen and oxygen atoms in total. The summed E-state index contributed by atoms with van der Waals surface area (Å²) in [6.45, 7) is -1.07. The van der Waals surface area contributed by atoms with Gasteiger partial charge in [0.15, 0.2) is 18.3 Å². The molecule has 0 aromatic rings. The van der Waals surface area contributed by atoms with Gasteiger partial charge < -0.3 is 50.0 Å². The van der Waals surface area contributed by atoms with Crippen LogP contribution in [-0.2, 0) is 23.8 Å². The zero-order valence-corrected chi connectivity index (χ0v) is 11.3. The third-order valence-corrected chi connectivity index (χ3v) is 3.52. The molecule has 0 radical (unpaired) electrons. The molecule has 2 aliphatic rings. The first-order chi connectivity index (χ1) is 10.4. The summed E-state index contributed by atoms with van der Waals surface area (Å²) in [5.41, 5.74) is 5.18. The van der Waals surface area contributed by atoms with Crippen molar-refractivity contribution in [3.8, 4) is 0 Å². The Bertz CT molecular complexity index is 524. The van der Waals surface area contributed by atoms with E-state index in [2.05, 4.69) is 14.2 Å². The molecule has 23 heavy (non-hydrogen) atoms. The van der Waals surface area contributed by atoms with Crippen molar-refractivity contribution in [3.63, 3.8) is 0 Å². The first kappa shape index (κ1) is 17.9. The van der Waals surface area contributed by atoms with Gasteiger partial charge in [0.1, 0.15) is 6.10 Å². The number of carbonyl (C=O) groups is 2. The van der Waals surface area contributed by atoms with Crippen LogP contribution in [0.5, 0.6) is 0 Å². The Kier molecular flexibility index (Phi) is 4.13. The lowest BCUT2D eigenvalue weighted by Gasteiger charge is -2.54. The van der Waals surface area contributed by atoms with Crippen LogP contribution in [-0.4, -0.2) is 96.2 Å². The summed E-state index contributed by atoms with van der Waals surface area (Å²) in [6, 6.07) is 0. The van der Waals surface area contributed by atoms with E-state index in [1.807, 2.05) is 0 Å². The van der Waals surface area contributed by atoms with Crippen LogP contribution in [0.25, 0.3) is 0 Å². The Labute approximate surface area is 127 Å². The molecule has 2 fully saturated rings. The van der Waals surface area contributed by atoms with E-state index < -0.39 is 60.4 Å². The second-order valence-corrected chi connectivity index (χ2v) is 5.05. The number of fused-ring (bicyclic) bond motifs is 1. The van der Waals surface area contributed by atoms with Crippen LogP contribution in [0, 0.1) is 0 Å². The summed E-state index contributed by atoms with van der Waals surface area (Å²) in [5, 5.41) is 68.2. The average Bonchev–Trinajstić information content (AvgIpc) is 2.47. The Balaban J connectivity index is 2.61. The number of nitrogens with two attached hydrogens (primary N) is 1. The van der Waals surface area contributed by atoms with Crippen LogP contribution >= 0.6 is 0 Å². The van der Waals surface area contributed by atoms with Gasteiger partial charge in [-0.15, -0.1) is 0 Å². The first-order valence-electron chi connectivity index (χ1n) is 6.16. The molecular formula is C10H15NO12. The molecule has 2 saturated heterocycles. The van der Waals surface area contributed by atoms with Crippen molar-refractivity contribution in [1.29, 1.82) is 0 Å². The SMILES string of the molecule is NC1(O)O[C@H](CO)[C@H](O)[C@]2(O)OC(=O)C(O)C(O)C(=O)O[C@@]12O. The van der Waals surface area contributed by atoms with E-state index in [-0.39, 0.29) is 0 Å². The van der Waals surface area contributed by atoms with Crippen LogP contribution in [0.2, 0.25) is 0 Å². The number of carbonyl (C=O) groups excluding carboxylic acids is 2. The number of hydrogen-bond acceptors (Lipinski definition) is 13. The van der Waals surface area contributed by atoms with Crippen LogP contribution in [0.15, 0.2) is 0 Å². The smallest absolute Gasteiger partial charge is 0.350 e. The standard InChI is InChI=1S/C10H15NO12/c11-10(20)9(19)8(18,5(15)2(1-12)21-10)22-6(16)3(13)4(14)7(17)23-9/h2-5,12-15,18-20H,1,11H2/t2-,3?,4?,5+,8+,9-,10?/m1/s1. The highest BCUT2D eigenvalue weighted by Crippen LogP contribution is 2.44. The molecule has 0 spiro atoms. The molecule has 0 aromatic carbocycles. The predicted octanol–water partition coefficient (Wildman–Crippen LogP) is -6.46. The van der Waals surface area contributed by atoms with Gasteiger partial charge in [-0.1, -0.05) is 0 Å². The highest BCUT2D eigenvalue weighted by Gasteiger charge is 2.77. The molecule has 2 aliphatic heterocycles. The molecule has 13 heteroatoms. The van der Waals surface area contributed by atoms with Gasteiger partial charge in [0.2, 0.25) is 0 Å². The number of hydrogen-bond donors (Lipinski definition) is 8. The maximum Gasteiger partial charge on any atom is 0.350 e. The molecule has 9 N–H and O–H groups in total. The Hall–Kier alpha value is -1.42. The summed E-state index contributed by atoms with van der Waals surface area (Å²) in [4.78, 5) is 23.2. The molecule has 2 heterocycles. The van der Waals surface area contributed by atoms with Gasteiger partial charge in [-0.2, -0.15) is 0 Å². The van der Waals surface area contributed by atoms with E-state index in [0.717, 1.165) is 0 Å². The fraction of sp³-hybridized carbons (Fsp3) is 0.800. The maximum atomic E-state index is 11.6. The minimum atomic E-state index is -3.81. The summed E-state index contributed by atoms with van der Waals surface area (Å²) in [6.07, 6.45) is -9.45. The van der Waals surface area contributed by atoms with E-state index in [4.69, 9.17) is 10.8 Å². The molecule has 0 saturated carbocycles. The van der Waals surface area contributed by atoms with Crippen molar-refractivity contribution >= 4 is 11.9 Å². The third kappa shape index (κ3) is 2.30. The van der Waals surface area contributed by atoms with Gasteiger partial charge in [-0.25, -0.2) is 9.59 Å². The summed E-state index contributed by atoms with van der Waals surface area (Å²) >= 11 is 0. The zero-order chi connectivity index (χ0) is 17.8. The van der Waals surface area contributed by atoms with Crippen molar-refractivity contribution in [1.82, 2.24) is 0 Å². The van der Waals surface area contributed by atoms with Gasteiger partial charge in [-0.3, -0.25) is 5.73 Å². The Morgan fingerprint density at radius 1 is 1.00 bits per heavy atom. The molecule has 7 atom stereocenters. The summed E-state index contributed by atoms with van der Waals surface area (Å²) in [5.74, 6) is -14.7. The van der Waals surface area contributed by atoms with Gasteiger partial charge in [0.05, 0.1) is 6.61 Å². The lowest BCUT2D eigenvalue weighted by Crippen LogP contribution is -2.85. The predicted molar refractivity (Wildman–Crippen MR) is 61.2 cm³/mol. The molecule has 0 aliphatic carbocycles. The fourth-order valence-corrected chi connectivity index (χ4v) is 2.17. The lowest BCUT2D eigenvalue weighted by molar-refractivity contribution is -0.512. The number of esters is 2. The van der Waals surface area contributed by atoms with E-state index in [0.29, 0.717) is 0 Å². The molecule has 2 rings (SSSR count). The molecule has 3 unspecified atom stereocenters. The maximum absolute atomic E-state index is 11.6. The van der Waals surface area contributed by atoms with Crippen LogP contribution in [0.3, 0.4) is 0 Å². The highest BCUT2D eigenvalue weighted by molar-refractivity contribution is 5.86. The van der Waals surface area contributed by atoms with Crippen molar-refractivity contribution < 1.29 is 59.5 Å². The number of rotatable bonds is 1. The van der Waals surface area contributed by atoms with Crippen molar-refractivity contribution in [3.05, 3.63) is 0 Å². The quantitative estimate of drug-likeness (QED) is 0.164. The number of aliphatic hydroxyl groups excluding tert-OH is 4.